The number of aromatic nitrogens is 1. The van der Waals surface area contributed by atoms with Gasteiger partial charge in [0.15, 0.2) is 11.5 Å². The highest BCUT2D eigenvalue weighted by Gasteiger charge is 2.26. The van der Waals surface area contributed by atoms with Crippen molar-refractivity contribution >= 4 is 6.03 Å². The van der Waals surface area contributed by atoms with Gasteiger partial charge in [-0.15, -0.1) is 0 Å². The Morgan fingerprint density at radius 1 is 1.32 bits per heavy atom. The van der Waals surface area contributed by atoms with Crippen molar-refractivity contribution in [1.29, 1.82) is 0 Å². The number of morpholine rings is 1. The van der Waals surface area contributed by atoms with Crippen molar-refractivity contribution in [2.75, 3.05) is 33.9 Å². The first-order chi connectivity index (χ1) is 12.2. The first kappa shape index (κ1) is 17.1. The molecule has 8 heteroatoms. The van der Waals surface area contributed by atoms with Crippen molar-refractivity contribution in [1.82, 2.24) is 15.4 Å². The molecule has 0 spiro atoms. The van der Waals surface area contributed by atoms with E-state index in [-0.39, 0.29) is 12.1 Å². The minimum Gasteiger partial charge on any atom is -0.493 e. The van der Waals surface area contributed by atoms with Gasteiger partial charge in [-0.2, -0.15) is 0 Å². The summed E-state index contributed by atoms with van der Waals surface area (Å²) in [5.74, 6) is 1.29. The van der Waals surface area contributed by atoms with Gasteiger partial charge < -0.3 is 29.0 Å². The van der Waals surface area contributed by atoms with E-state index in [9.17, 15) is 4.79 Å². The van der Waals surface area contributed by atoms with Gasteiger partial charge in [0.25, 0.3) is 0 Å². The molecule has 1 aliphatic heterocycles. The zero-order valence-corrected chi connectivity index (χ0v) is 14.2. The Labute approximate surface area is 145 Å². The van der Waals surface area contributed by atoms with Gasteiger partial charge in [0.2, 0.25) is 0 Å². The van der Waals surface area contributed by atoms with E-state index in [0.717, 1.165) is 5.56 Å². The third-order valence-electron chi connectivity index (χ3n) is 4.05. The van der Waals surface area contributed by atoms with Crippen molar-refractivity contribution in [2.45, 2.75) is 12.6 Å². The highest BCUT2D eigenvalue weighted by Crippen LogP contribution is 2.32. The maximum atomic E-state index is 12.3. The number of benzene rings is 1. The minimum absolute atomic E-state index is 0.156. The molecule has 1 fully saturated rings. The van der Waals surface area contributed by atoms with Crippen LogP contribution in [0.25, 0.3) is 0 Å². The van der Waals surface area contributed by atoms with Crippen LogP contribution in [0.4, 0.5) is 4.79 Å². The van der Waals surface area contributed by atoms with Crippen LogP contribution in [0.5, 0.6) is 11.5 Å². The lowest BCUT2D eigenvalue weighted by molar-refractivity contribution is -0.0156. The van der Waals surface area contributed by atoms with Gasteiger partial charge in [0.1, 0.15) is 18.1 Å². The van der Waals surface area contributed by atoms with Gasteiger partial charge in [-0.1, -0.05) is 11.2 Å². The lowest BCUT2D eigenvalue weighted by Gasteiger charge is -2.33. The molecule has 1 unspecified atom stereocenters. The van der Waals surface area contributed by atoms with Gasteiger partial charge >= 0.3 is 6.03 Å². The number of ether oxygens (including phenoxy) is 3. The Bertz CT molecular complexity index is 704. The number of amides is 2. The quantitative estimate of drug-likeness (QED) is 0.890. The van der Waals surface area contributed by atoms with Gasteiger partial charge in [0.05, 0.1) is 33.9 Å². The summed E-state index contributed by atoms with van der Waals surface area (Å²) < 4.78 is 21.2. The number of carbonyl (C=O) groups excluding carboxylic acids is 1. The second kappa shape index (κ2) is 7.89. The molecule has 1 saturated heterocycles. The van der Waals surface area contributed by atoms with Crippen molar-refractivity contribution in [2.24, 2.45) is 0 Å². The Kier molecular flexibility index (Phi) is 5.39. The number of rotatable bonds is 5. The standard InChI is InChI=1S/C17H21N3O5/c1-22-14-4-3-12(9-15(14)23-2)16-11-20(6-8-24-16)17(21)18-10-13-5-7-25-19-13/h3-5,7,9,16H,6,8,10-11H2,1-2H3,(H,18,21). The highest BCUT2D eigenvalue weighted by molar-refractivity contribution is 5.74. The van der Waals surface area contributed by atoms with E-state index in [1.807, 2.05) is 18.2 Å². The van der Waals surface area contributed by atoms with Crippen LogP contribution < -0.4 is 14.8 Å². The summed E-state index contributed by atoms with van der Waals surface area (Å²) >= 11 is 0. The van der Waals surface area contributed by atoms with E-state index in [0.29, 0.717) is 43.4 Å². The molecule has 1 atom stereocenters. The molecule has 1 aliphatic rings. The maximum Gasteiger partial charge on any atom is 0.317 e. The normalized spacial score (nSPS) is 17.2. The van der Waals surface area contributed by atoms with Gasteiger partial charge in [-0.3, -0.25) is 0 Å². The number of carbonyl (C=O) groups is 1. The zero-order chi connectivity index (χ0) is 17.6. The van der Waals surface area contributed by atoms with E-state index >= 15 is 0 Å². The predicted octanol–water partition coefficient (Wildman–Crippen LogP) is 1.97. The number of nitrogens with one attached hydrogen (secondary N) is 1. The fraction of sp³-hybridized carbons (Fsp3) is 0.412. The molecule has 25 heavy (non-hydrogen) atoms. The molecule has 3 rings (SSSR count). The molecule has 0 aliphatic carbocycles. The molecule has 1 N–H and O–H groups in total. The second-order valence-electron chi connectivity index (χ2n) is 5.57. The molecule has 8 nitrogen and oxygen atoms in total. The van der Waals surface area contributed by atoms with E-state index in [4.69, 9.17) is 18.7 Å². The largest absolute Gasteiger partial charge is 0.493 e. The number of hydrogen-bond donors (Lipinski definition) is 1. The maximum absolute atomic E-state index is 12.3. The lowest BCUT2D eigenvalue weighted by atomic mass is 10.1. The lowest BCUT2D eigenvalue weighted by Crippen LogP contribution is -2.47. The Morgan fingerprint density at radius 2 is 2.16 bits per heavy atom. The molecule has 2 heterocycles. The van der Waals surface area contributed by atoms with Crippen LogP contribution in [0.3, 0.4) is 0 Å². The summed E-state index contributed by atoms with van der Waals surface area (Å²) in [6.45, 7) is 1.79. The minimum atomic E-state index is -0.216. The molecular weight excluding hydrogens is 326 g/mol. The van der Waals surface area contributed by atoms with E-state index < -0.39 is 0 Å². The molecule has 1 aromatic carbocycles. The summed E-state index contributed by atoms with van der Waals surface area (Å²) in [5, 5.41) is 6.60. The summed E-state index contributed by atoms with van der Waals surface area (Å²) in [6, 6.07) is 7.19. The fourth-order valence-corrected chi connectivity index (χ4v) is 2.70. The van der Waals surface area contributed by atoms with Gasteiger partial charge in [0, 0.05) is 12.6 Å². The van der Waals surface area contributed by atoms with Crippen molar-refractivity contribution in [3.63, 3.8) is 0 Å². The fourth-order valence-electron chi connectivity index (χ4n) is 2.70. The second-order valence-corrected chi connectivity index (χ2v) is 5.57. The average Bonchev–Trinajstić information content (AvgIpc) is 3.19. The van der Waals surface area contributed by atoms with Crippen LogP contribution in [-0.4, -0.2) is 50.0 Å². The summed E-state index contributed by atoms with van der Waals surface area (Å²) in [4.78, 5) is 14.1. The molecule has 0 radical (unpaired) electrons. The van der Waals surface area contributed by atoms with Crippen molar-refractivity contribution in [3.05, 3.63) is 41.8 Å². The van der Waals surface area contributed by atoms with Gasteiger partial charge in [-0.05, 0) is 17.7 Å². The Balaban J connectivity index is 1.63. The van der Waals surface area contributed by atoms with E-state index in [1.54, 1.807) is 25.2 Å². The topological polar surface area (TPSA) is 86.1 Å². The van der Waals surface area contributed by atoms with Crippen LogP contribution in [0.15, 0.2) is 35.1 Å². The van der Waals surface area contributed by atoms with Crippen molar-refractivity contribution in [3.8, 4) is 11.5 Å². The third-order valence-corrected chi connectivity index (χ3v) is 4.05. The molecule has 0 bridgehead atoms. The van der Waals surface area contributed by atoms with Crippen LogP contribution in [-0.2, 0) is 11.3 Å². The zero-order valence-electron chi connectivity index (χ0n) is 14.2. The van der Waals surface area contributed by atoms with Crippen LogP contribution in [0.1, 0.15) is 17.4 Å². The van der Waals surface area contributed by atoms with Crippen molar-refractivity contribution < 1.29 is 23.5 Å². The Morgan fingerprint density at radius 3 is 2.88 bits per heavy atom. The molecule has 134 valence electrons. The van der Waals surface area contributed by atoms with Crippen LogP contribution >= 0.6 is 0 Å². The SMILES string of the molecule is COc1ccc(C2CN(C(=O)NCc3ccon3)CCO2)cc1OC. The molecular formula is C17H21N3O5. The summed E-state index contributed by atoms with van der Waals surface area (Å²) in [5.41, 5.74) is 1.62. The van der Waals surface area contributed by atoms with E-state index in [2.05, 4.69) is 10.5 Å². The molecule has 2 amide bonds. The van der Waals surface area contributed by atoms with Gasteiger partial charge in [-0.25, -0.2) is 4.79 Å². The van der Waals surface area contributed by atoms with Crippen LogP contribution in [0.2, 0.25) is 0 Å². The molecule has 0 saturated carbocycles. The molecule has 2 aromatic rings. The molecule has 1 aromatic heterocycles. The summed E-state index contributed by atoms with van der Waals surface area (Å²) in [6.07, 6.45) is 1.26. The first-order valence-electron chi connectivity index (χ1n) is 7.97. The average molecular weight is 347 g/mol. The number of urea groups is 1. The first-order valence-corrected chi connectivity index (χ1v) is 7.97. The Hall–Kier alpha value is -2.74. The number of nitrogens with zero attached hydrogens (tertiary/aromatic N) is 2. The smallest absolute Gasteiger partial charge is 0.317 e. The van der Waals surface area contributed by atoms with Crippen LogP contribution in [0, 0.1) is 0 Å². The highest BCUT2D eigenvalue weighted by atomic mass is 16.5. The number of methoxy groups -OCH3 is 2. The monoisotopic (exact) mass is 347 g/mol. The summed E-state index contributed by atoms with van der Waals surface area (Å²) in [7, 11) is 3.18. The third kappa shape index (κ3) is 4.03. The van der Waals surface area contributed by atoms with E-state index in [1.165, 1.54) is 6.26 Å². The number of hydrogen-bond acceptors (Lipinski definition) is 6. The predicted molar refractivity (Wildman–Crippen MR) is 88.6 cm³/mol.